The van der Waals surface area contributed by atoms with Crippen molar-refractivity contribution in [1.82, 2.24) is 10.2 Å². The van der Waals surface area contributed by atoms with Crippen LogP contribution >= 0.6 is 11.3 Å². The molecule has 1 aromatic carbocycles. The smallest absolute Gasteiger partial charge is 0.264 e. The summed E-state index contributed by atoms with van der Waals surface area (Å²) in [4.78, 5) is 11.9. The fourth-order valence-electron chi connectivity index (χ4n) is 1.98. The topological polar surface area (TPSA) is 64.1 Å². The van der Waals surface area contributed by atoms with Gasteiger partial charge >= 0.3 is 0 Å². The van der Waals surface area contributed by atoms with E-state index in [0.717, 1.165) is 29.2 Å². The summed E-state index contributed by atoms with van der Waals surface area (Å²) in [5.74, 6) is 0.936. The Hall–Kier alpha value is -1.95. The lowest BCUT2D eigenvalue weighted by molar-refractivity contribution is -0.118. The van der Waals surface area contributed by atoms with Gasteiger partial charge in [-0.05, 0) is 30.4 Å². The highest BCUT2D eigenvalue weighted by Crippen LogP contribution is 2.28. The van der Waals surface area contributed by atoms with E-state index in [0.29, 0.717) is 11.0 Å². The van der Waals surface area contributed by atoms with E-state index in [2.05, 4.69) is 29.4 Å². The number of para-hydroxylation sites is 1. The molecule has 1 amide bonds. The number of aryl methyl sites for hydroxylation is 1. The van der Waals surface area contributed by atoms with Gasteiger partial charge in [-0.15, -0.1) is 10.2 Å². The highest BCUT2D eigenvalue weighted by atomic mass is 32.1. The minimum absolute atomic E-state index is 0.0332. The van der Waals surface area contributed by atoms with Crippen molar-refractivity contribution < 1.29 is 9.53 Å². The van der Waals surface area contributed by atoms with Gasteiger partial charge in [0.25, 0.3) is 5.91 Å². The monoisotopic (exact) mass is 319 g/mol. The Morgan fingerprint density at radius 2 is 2.09 bits per heavy atom. The van der Waals surface area contributed by atoms with Gasteiger partial charge < -0.3 is 4.74 Å². The van der Waals surface area contributed by atoms with Crippen LogP contribution < -0.4 is 10.1 Å². The molecule has 0 radical (unpaired) electrons. The molecular weight excluding hydrogens is 298 g/mol. The van der Waals surface area contributed by atoms with Crippen LogP contribution in [0.3, 0.4) is 0 Å². The maximum absolute atomic E-state index is 11.9. The van der Waals surface area contributed by atoms with Gasteiger partial charge in [0, 0.05) is 0 Å². The first-order chi connectivity index (χ1) is 10.6. The lowest BCUT2D eigenvalue weighted by Crippen LogP contribution is -2.20. The normalized spacial score (nSPS) is 12.0. The van der Waals surface area contributed by atoms with Gasteiger partial charge in [-0.25, -0.2) is 0 Å². The number of rotatable bonds is 7. The second-order valence-corrected chi connectivity index (χ2v) is 6.10. The molecule has 22 heavy (non-hydrogen) atoms. The number of anilines is 1. The molecule has 6 heteroatoms. The molecule has 0 fully saturated rings. The number of amides is 1. The molecule has 0 bridgehead atoms. The zero-order chi connectivity index (χ0) is 15.9. The average molecular weight is 319 g/mol. The van der Waals surface area contributed by atoms with Crippen molar-refractivity contribution in [3.8, 4) is 5.75 Å². The van der Waals surface area contributed by atoms with E-state index in [9.17, 15) is 4.79 Å². The molecule has 1 unspecified atom stereocenters. The number of carbonyl (C=O) groups is 1. The molecule has 0 aliphatic rings. The van der Waals surface area contributed by atoms with Crippen molar-refractivity contribution in [2.75, 3.05) is 11.9 Å². The molecule has 1 heterocycles. The molecule has 1 aromatic heterocycles. The minimum atomic E-state index is -0.224. The fourth-order valence-corrected chi connectivity index (χ4v) is 2.68. The van der Waals surface area contributed by atoms with Crippen LogP contribution in [-0.2, 0) is 11.2 Å². The van der Waals surface area contributed by atoms with Gasteiger partial charge in [0.05, 0.1) is 0 Å². The first-order valence-electron chi connectivity index (χ1n) is 7.48. The van der Waals surface area contributed by atoms with E-state index in [1.54, 1.807) is 0 Å². The first kappa shape index (κ1) is 16.4. The number of hydrogen-bond acceptors (Lipinski definition) is 5. The summed E-state index contributed by atoms with van der Waals surface area (Å²) in [6, 6.07) is 7.84. The van der Waals surface area contributed by atoms with Crippen molar-refractivity contribution in [1.29, 1.82) is 0 Å². The number of ether oxygens (including phenoxy) is 1. The van der Waals surface area contributed by atoms with Crippen molar-refractivity contribution in [2.24, 2.45) is 0 Å². The molecule has 0 spiro atoms. The number of nitrogens with zero attached hydrogens (tertiary/aromatic N) is 2. The highest BCUT2D eigenvalue weighted by molar-refractivity contribution is 7.15. The molecule has 118 valence electrons. The second kappa shape index (κ2) is 7.89. The van der Waals surface area contributed by atoms with Gasteiger partial charge in [-0.3, -0.25) is 10.1 Å². The number of nitrogens with one attached hydrogen (secondary N) is 1. The molecular formula is C16H21N3O2S. The fraction of sp³-hybridized carbons (Fsp3) is 0.438. The van der Waals surface area contributed by atoms with Gasteiger partial charge in [0.2, 0.25) is 5.13 Å². The van der Waals surface area contributed by atoms with Crippen LogP contribution in [0.15, 0.2) is 24.3 Å². The molecule has 1 N–H and O–H groups in total. The summed E-state index contributed by atoms with van der Waals surface area (Å²) in [6.45, 7) is 6.25. The summed E-state index contributed by atoms with van der Waals surface area (Å²) < 4.78 is 5.67. The van der Waals surface area contributed by atoms with Gasteiger partial charge in [-0.2, -0.15) is 0 Å². The van der Waals surface area contributed by atoms with E-state index in [-0.39, 0.29) is 12.5 Å². The first-order valence-corrected chi connectivity index (χ1v) is 8.29. The predicted molar refractivity (Wildman–Crippen MR) is 88.6 cm³/mol. The second-order valence-electron chi connectivity index (χ2n) is 5.04. The Labute approximate surface area is 134 Å². The SMILES string of the molecule is CCc1nnc(NC(=O)COc2ccccc2C(C)CC)s1. The quantitative estimate of drug-likeness (QED) is 0.846. The summed E-state index contributed by atoms with van der Waals surface area (Å²) >= 11 is 1.38. The van der Waals surface area contributed by atoms with Crippen LogP contribution in [0.4, 0.5) is 5.13 Å². The Morgan fingerprint density at radius 3 is 2.77 bits per heavy atom. The zero-order valence-electron chi connectivity index (χ0n) is 13.1. The van der Waals surface area contributed by atoms with Crippen LogP contribution in [0.5, 0.6) is 5.75 Å². The standard InChI is InChI=1S/C16H21N3O2S/c1-4-11(3)12-8-6-7-9-13(12)21-10-14(20)17-16-19-18-15(5-2)22-16/h6-9,11H,4-5,10H2,1-3H3,(H,17,19,20). The van der Waals surface area contributed by atoms with Crippen molar-refractivity contribution in [2.45, 2.75) is 39.5 Å². The van der Waals surface area contributed by atoms with Crippen LogP contribution in [0.25, 0.3) is 0 Å². The molecule has 0 aliphatic heterocycles. The lowest BCUT2D eigenvalue weighted by atomic mass is 9.98. The van der Waals surface area contributed by atoms with Gasteiger partial charge in [0.15, 0.2) is 6.61 Å². The molecule has 0 aliphatic carbocycles. The number of hydrogen-bond donors (Lipinski definition) is 1. The number of carbonyl (C=O) groups excluding carboxylic acids is 1. The third-order valence-corrected chi connectivity index (χ3v) is 4.42. The third kappa shape index (κ3) is 4.27. The van der Waals surface area contributed by atoms with E-state index in [4.69, 9.17) is 4.74 Å². The number of aromatic nitrogens is 2. The number of benzene rings is 1. The largest absolute Gasteiger partial charge is 0.483 e. The Kier molecular flexibility index (Phi) is 5.89. The summed E-state index contributed by atoms with van der Waals surface area (Å²) in [5, 5.41) is 12.0. The van der Waals surface area contributed by atoms with Crippen LogP contribution in [0.2, 0.25) is 0 Å². The van der Waals surface area contributed by atoms with Crippen LogP contribution in [0.1, 0.15) is 43.7 Å². The molecule has 5 nitrogen and oxygen atoms in total. The molecule has 0 saturated heterocycles. The van der Waals surface area contributed by atoms with E-state index >= 15 is 0 Å². The lowest BCUT2D eigenvalue weighted by Gasteiger charge is -2.15. The third-order valence-electron chi connectivity index (χ3n) is 3.44. The van der Waals surface area contributed by atoms with Crippen molar-refractivity contribution in [3.63, 3.8) is 0 Å². The maximum Gasteiger partial charge on any atom is 0.264 e. The molecule has 2 aromatic rings. The summed E-state index contributed by atoms with van der Waals surface area (Å²) in [5.41, 5.74) is 1.13. The van der Waals surface area contributed by atoms with Gasteiger partial charge in [-0.1, -0.05) is 50.3 Å². The summed E-state index contributed by atoms with van der Waals surface area (Å²) in [6.07, 6.45) is 1.84. The average Bonchev–Trinajstić information content (AvgIpc) is 3.00. The van der Waals surface area contributed by atoms with Gasteiger partial charge in [0.1, 0.15) is 10.8 Å². The summed E-state index contributed by atoms with van der Waals surface area (Å²) in [7, 11) is 0. The Balaban J connectivity index is 1.93. The van der Waals surface area contributed by atoms with E-state index in [1.165, 1.54) is 11.3 Å². The molecule has 1 atom stereocenters. The van der Waals surface area contributed by atoms with E-state index < -0.39 is 0 Å². The van der Waals surface area contributed by atoms with Crippen LogP contribution in [0, 0.1) is 0 Å². The molecule has 0 saturated carbocycles. The predicted octanol–water partition coefficient (Wildman–Crippen LogP) is 3.63. The Bertz CT molecular complexity index is 627. The van der Waals surface area contributed by atoms with Crippen LogP contribution in [-0.4, -0.2) is 22.7 Å². The van der Waals surface area contributed by atoms with Crippen molar-refractivity contribution >= 4 is 22.4 Å². The zero-order valence-corrected chi connectivity index (χ0v) is 13.9. The van der Waals surface area contributed by atoms with E-state index in [1.807, 2.05) is 31.2 Å². The molecule has 2 rings (SSSR count). The Morgan fingerprint density at radius 1 is 1.32 bits per heavy atom. The maximum atomic E-state index is 11.9. The van der Waals surface area contributed by atoms with Crippen molar-refractivity contribution in [3.05, 3.63) is 34.8 Å². The minimum Gasteiger partial charge on any atom is -0.483 e. The highest BCUT2D eigenvalue weighted by Gasteiger charge is 2.12.